The summed E-state index contributed by atoms with van der Waals surface area (Å²) in [4.78, 5) is 26.5. The molecule has 3 aromatic carbocycles. The van der Waals surface area contributed by atoms with E-state index in [0.717, 1.165) is 4.90 Å². The summed E-state index contributed by atoms with van der Waals surface area (Å²) in [6.07, 6.45) is 1.76. The topological polar surface area (TPSA) is 43.4 Å². The molecule has 0 radical (unpaired) electrons. The van der Waals surface area contributed by atoms with Crippen molar-refractivity contribution in [2.75, 3.05) is 0 Å². The Hall–Kier alpha value is -2.82. The van der Waals surface area contributed by atoms with Crippen molar-refractivity contribution in [3.05, 3.63) is 99.4 Å². The summed E-state index contributed by atoms with van der Waals surface area (Å²) in [7, 11) is 0. The number of allylic oxidation sites excluding steroid dienone is 1. The second-order valence-electron chi connectivity index (χ2n) is 5.87. The van der Waals surface area contributed by atoms with E-state index in [4.69, 9.17) is 16.3 Å². The van der Waals surface area contributed by atoms with Crippen LogP contribution < -0.4 is 4.74 Å². The van der Waals surface area contributed by atoms with Gasteiger partial charge in [-0.2, -0.15) is 0 Å². The van der Waals surface area contributed by atoms with Gasteiger partial charge >= 0.3 is 5.97 Å². The predicted octanol–water partition coefficient (Wildman–Crippen LogP) is 5.89. The molecule has 0 unspecified atom stereocenters. The number of esters is 1. The molecule has 0 bridgehead atoms. The van der Waals surface area contributed by atoms with E-state index in [1.807, 2.05) is 36.4 Å². The summed E-state index contributed by atoms with van der Waals surface area (Å²) in [5.41, 5.74) is 1.72. The Morgan fingerprint density at radius 1 is 0.963 bits per heavy atom. The van der Waals surface area contributed by atoms with E-state index in [-0.39, 0.29) is 5.78 Å². The molecule has 0 atom stereocenters. The van der Waals surface area contributed by atoms with Gasteiger partial charge < -0.3 is 4.74 Å². The molecule has 0 amide bonds. The fourth-order valence-electron chi connectivity index (χ4n) is 2.74. The highest BCUT2D eigenvalue weighted by molar-refractivity contribution is 8.04. The van der Waals surface area contributed by atoms with Gasteiger partial charge in [-0.15, -0.1) is 0 Å². The Morgan fingerprint density at radius 3 is 2.56 bits per heavy atom. The molecule has 3 nitrogen and oxygen atoms in total. The minimum Gasteiger partial charge on any atom is -0.422 e. The molecule has 1 aliphatic rings. The second-order valence-corrected chi connectivity index (χ2v) is 7.39. The lowest BCUT2D eigenvalue weighted by molar-refractivity contribution is 0.0734. The first kappa shape index (κ1) is 17.6. The smallest absolute Gasteiger partial charge is 0.343 e. The summed E-state index contributed by atoms with van der Waals surface area (Å²) < 4.78 is 5.55. The molecule has 3 aromatic rings. The van der Waals surface area contributed by atoms with E-state index in [0.29, 0.717) is 32.4 Å². The number of fused-ring (bicyclic) bond motifs is 1. The molecular formula is C22H13ClO3S. The lowest BCUT2D eigenvalue weighted by Gasteiger charge is -2.08. The monoisotopic (exact) mass is 392 g/mol. The van der Waals surface area contributed by atoms with Crippen molar-refractivity contribution in [2.45, 2.75) is 4.90 Å². The third kappa shape index (κ3) is 3.68. The molecule has 132 valence electrons. The molecule has 0 N–H and O–H groups in total. The Balaban J connectivity index is 1.63. The number of halogens is 1. The lowest BCUT2D eigenvalue weighted by Crippen LogP contribution is -2.09. The van der Waals surface area contributed by atoms with Crippen LogP contribution in [0.5, 0.6) is 5.75 Å². The zero-order valence-corrected chi connectivity index (χ0v) is 15.6. The van der Waals surface area contributed by atoms with Gasteiger partial charge in [0.1, 0.15) is 5.75 Å². The van der Waals surface area contributed by atoms with Crippen LogP contribution in [0.2, 0.25) is 5.02 Å². The number of carbonyl (C=O) groups is 2. The number of hydrogen-bond acceptors (Lipinski definition) is 4. The number of Topliss-reactive ketones (excluding diaryl/α,β-unsaturated/α-hetero) is 1. The third-order valence-corrected chi connectivity index (χ3v) is 5.38. The molecule has 5 heteroatoms. The van der Waals surface area contributed by atoms with Crippen molar-refractivity contribution in [3.8, 4) is 5.75 Å². The van der Waals surface area contributed by atoms with Crippen molar-refractivity contribution >= 4 is 41.2 Å². The fraction of sp³-hybridized carbons (Fsp3) is 0. The number of benzene rings is 3. The lowest BCUT2D eigenvalue weighted by atomic mass is 10.1. The van der Waals surface area contributed by atoms with Crippen LogP contribution in [0.1, 0.15) is 26.3 Å². The minimum atomic E-state index is -0.503. The zero-order chi connectivity index (χ0) is 18.8. The SMILES string of the molecule is O=C(Oc1ccccc1/C=C1\Sc2ccccc2C1=O)c1cccc(Cl)c1. The normalized spacial score (nSPS) is 14.3. The molecule has 1 aliphatic heterocycles. The Bertz CT molecular complexity index is 1090. The number of ether oxygens (including phenoxy) is 1. The standard InChI is InChI=1S/C22H13ClO3S/c23-16-8-5-7-15(12-16)22(25)26-18-10-3-1-6-14(18)13-20-21(24)17-9-2-4-11-19(17)27-20/h1-13H/b20-13-. The summed E-state index contributed by atoms with van der Waals surface area (Å²) in [5.74, 6) is -0.136. The Kier molecular flexibility index (Phi) is 4.84. The minimum absolute atomic E-state index is 0.0217. The molecule has 0 aromatic heterocycles. The van der Waals surface area contributed by atoms with Crippen molar-refractivity contribution in [2.24, 2.45) is 0 Å². The van der Waals surface area contributed by atoms with Crippen LogP contribution in [-0.2, 0) is 0 Å². The van der Waals surface area contributed by atoms with Crippen LogP contribution in [0, 0.1) is 0 Å². The Morgan fingerprint density at radius 2 is 1.74 bits per heavy atom. The quantitative estimate of drug-likeness (QED) is 0.316. The zero-order valence-electron chi connectivity index (χ0n) is 14.0. The van der Waals surface area contributed by atoms with Gasteiger partial charge in [0.25, 0.3) is 0 Å². The van der Waals surface area contributed by atoms with Crippen LogP contribution in [0.15, 0.2) is 82.6 Å². The van der Waals surface area contributed by atoms with Gasteiger partial charge in [-0.05, 0) is 42.5 Å². The summed E-state index contributed by atoms with van der Waals surface area (Å²) in [6, 6.07) is 21.2. The van der Waals surface area contributed by atoms with Crippen molar-refractivity contribution in [1.29, 1.82) is 0 Å². The highest BCUT2D eigenvalue weighted by atomic mass is 35.5. The highest BCUT2D eigenvalue weighted by Crippen LogP contribution is 2.41. The van der Waals surface area contributed by atoms with Crippen LogP contribution >= 0.6 is 23.4 Å². The number of ketones is 1. The van der Waals surface area contributed by atoms with Gasteiger partial charge in [0.15, 0.2) is 0 Å². The number of para-hydroxylation sites is 1. The maximum absolute atomic E-state index is 12.6. The first-order chi connectivity index (χ1) is 13.1. The van der Waals surface area contributed by atoms with Crippen LogP contribution in [-0.4, -0.2) is 11.8 Å². The van der Waals surface area contributed by atoms with Gasteiger partial charge in [0.05, 0.1) is 10.5 Å². The van der Waals surface area contributed by atoms with E-state index in [1.165, 1.54) is 11.8 Å². The molecule has 0 saturated heterocycles. The molecule has 27 heavy (non-hydrogen) atoms. The van der Waals surface area contributed by atoms with E-state index in [1.54, 1.807) is 42.5 Å². The van der Waals surface area contributed by atoms with Gasteiger partial charge in [-0.3, -0.25) is 4.79 Å². The van der Waals surface area contributed by atoms with Crippen LogP contribution in [0.25, 0.3) is 6.08 Å². The molecular weight excluding hydrogens is 380 g/mol. The van der Waals surface area contributed by atoms with Gasteiger partial charge in [0, 0.05) is 21.0 Å². The Labute approximate surface area is 165 Å². The molecule has 0 spiro atoms. The number of rotatable bonds is 3. The molecule has 0 saturated carbocycles. The maximum atomic E-state index is 12.6. The summed E-state index contributed by atoms with van der Waals surface area (Å²) in [5, 5.41) is 0.463. The van der Waals surface area contributed by atoms with E-state index >= 15 is 0 Å². The number of carbonyl (C=O) groups excluding carboxylic acids is 2. The maximum Gasteiger partial charge on any atom is 0.343 e. The van der Waals surface area contributed by atoms with Crippen molar-refractivity contribution in [3.63, 3.8) is 0 Å². The van der Waals surface area contributed by atoms with Crippen molar-refractivity contribution < 1.29 is 14.3 Å². The van der Waals surface area contributed by atoms with Gasteiger partial charge in [-0.1, -0.05) is 59.8 Å². The van der Waals surface area contributed by atoms with Crippen LogP contribution in [0.4, 0.5) is 0 Å². The third-order valence-electron chi connectivity index (χ3n) is 4.04. The largest absolute Gasteiger partial charge is 0.422 e. The average molecular weight is 393 g/mol. The van der Waals surface area contributed by atoms with E-state index in [2.05, 4.69) is 0 Å². The molecule has 0 fully saturated rings. The predicted molar refractivity (Wildman–Crippen MR) is 107 cm³/mol. The van der Waals surface area contributed by atoms with Gasteiger partial charge in [0.2, 0.25) is 5.78 Å². The van der Waals surface area contributed by atoms with E-state index in [9.17, 15) is 9.59 Å². The van der Waals surface area contributed by atoms with Crippen molar-refractivity contribution in [1.82, 2.24) is 0 Å². The summed E-state index contributed by atoms with van der Waals surface area (Å²) >= 11 is 7.36. The average Bonchev–Trinajstić information content (AvgIpc) is 2.99. The molecule has 4 rings (SSSR count). The van der Waals surface area contributed by atoms with Gasteiger partial charge in [-0.25, -0.2) is 4.79 Å². The summed E-state index contributed by atoms with van der Waals surface area (Å²) in [6.45, 7) is 0. The first-order valence-corrected chi connectivity index (χ1v) is 9.41. The molecule has 0 aliphatic carbocycles. The van der Waals surface area contributed by atoms with Crippen LogP contribution in [0.3, 0.4) is 0 Å². The fourth-order valence-corrected chi connectivity index (χ4v) is 3.98. The van der Waals surface area contributed by atoms with E-state index < -0.39 is 5.97 Å². The molecule has 1 heterocycles. The second kappa shape index (κ2) is 7.43. The first-order valence-electron chi connectivity index (χ1n) is 8.22. The number of thioether (sulfide) groups is 1. The highest BCUT2D eigenvalue weighted by Gasteiger charge is 2.25. The number of hydrogen-bond donors (Lipinski definition) is 0.